The van der Waals surface area contributed by atoms with Gasteiger partial charge in [0.25, 0.3) is 0 Å². The van der Waals surface area contributed by atoms with Crippen LogP contribution in [-0.4, -0.2) is 11.6 Å². The molecule has 1 aliphatic carbocycles. The average Bonchev–Trinajstić information content (AvgIpc) is 3.30. The van der Waals surface area contributed by atoms with E-state index >= 15 is 0 Å². The first kappa shape index (κ1) is 26.0. The Labute approximate surface area is 227 Å². The first-order valence-corrected chi connectivity index (χ1v) is 13.9. The monoisotopic (exact) mass is 586 g/mol. The summed E-state index contributed by atoms with van der Waals surface area (Å²) in [5, 5.41) is 0. The molecule has 4 aromatic rings. The van der Waals surface area contributed by atoms with E-state index in [1.807, 2.05) is 30.3 Å². The lowest BCUT2D eigenvalue weighted by Gasteiger charge is -2.13. The second-order valence-electron chi connectivity index (χ2n) is 9.29. The van der Waals surface area contributed by atoms with Crippen molar-refractivity contribution < 1.29 is 9.59 Å². The summed E-state index contributed by atoms with van der Waals surface area (Å²) in [6.07, 6.45) is 1.86. The largest absolute Gasteiger partial charge is 0.300 e. The van der Waals surface area contributed by atoms with Crippen molar-refractivity contribution in [2.75, 3.05) is 0 Å². The fraction of sp³-hybridized carbons (Fsp3) is 0.212. The number of benzene rings is 4. The highest BCUT2D eigenvalue weighted by Crippen LogP contribution is 2.34. The van der Waals surface area contributed by atoms with Crippen molar-refractivity contribution in [2.24, 2.45) is 11.8 Å². The van der Waals surface area contributed by atoms with Gasteiger partial charge in [-0.25, -0.2) is 0 Å². The lowest BCUT2D eigenvalue weighted by atomic mass is 9.90. The Morgan fingerprint density at radius 2 is 1.19 bits per heavy atom. The van der Waals surface area contributed by atoms with Crippen molar-refractivity contribution in [1.29, 1.82) is 0 Å². The van der Waals surface area contributed by atoms with Crippen LogP contribution in [0.25, 0.3) is 22.3 Å². The summed E-state index contributed by atoms with van der Waals surface area (Å²) >= 11 is 2.41. The molecule has 4 aromatic carbocycles. The molecule has 0 N–H and O–H groups in total. The molecule has 1 fully saturated rings. The highest BCUT2D eigenvalue weighted by molar-refractivity contribution is 14.1. The van der Waals surface area contributed by atoms with E-state index in [4.69, 9.17) is 0 Å². The molecule has 36 heavy (non-hydrogen) atoms. The second-order valence-corrected chi connectivity index (χ2v) is 10.1. The molecule has 0 aromatic heterocycles. The molecule has 182 valence electrons. The maximum atomic E-state index is 12.2. The smallest absolute Gasteiger partial charge is 0.137 e. The average molecular weight is 587 g/mol. The van der Waals surface area contributed by atoms with E-state index in [-0.39, 0.29) is 23.4 Å². The van der Waals surface area contributed by atoms with E-state index in [9.17, 15) is 9.59 Å². The normalized spacial score (nSPS) is 16.8. The van der Waals surface area contributed by atoms with Crippen molar-refractivity contribution >= 4 is 34.2 Å². The van der Waals surface area contributed by atoms with Crippen molar-refractivity contribution in [1.82, 2.24) is 0 Å². The van der Waals surface area contributed by atoms with Gasteiger partial charge < -0.3 is 0 Å². The highest BCUT2D eigenvalue weighted by atomic mass is 127. The molecule has 0 unspecified atom stereocenters. The van der Waals surface area contributed by atoms with E-state index in [2.05, 4.69) is 101 Å². The van der Waals surface area contributed by atoms with Gasteiger partial charge in [0.1, 0.15) is 11.6 Å². The third kappa shape index (κ3) is 6.58. The summed E-state index contributed by atoms with van der Waals surface area (Å²) in [4.78, 5) is 23.7. The zero-order valence-corrected chi connectivity index (χ0v) is 22.7. The standard InChI is InChI=1S/C20H20O2.C13H11I/c1-14(21)17-12-18(20(22)13-17)11-16-9-5-6-10-19(16)15-7-3-2-4-8-15;14-10-12-8-4-5-9-13(12)11-6-2-1-3-7-11/h2-10,17-18H,11-13H2,1H3;1-9H,10H2/t17-,18-;/m1./s1. The Hall–Kier alpha value is -3.05. The number of carbonyl (C=O) groups is 2. The Kier molecular flexibility index (Phi) is 9.23. The van der Waals surface area contributed by atoms with Crippen molar-refractivity contribution in [2.45, 2.75) is 30.6 Å². The van der Waals surface area contributed by atoms with Crippen molar-refractivity contribution in [3.05, 3.63) is 120 Å². The van der Waals surface area contributed by atoms with Gasteiger partial charge in [-0.1, -0.05) is 132 Å². The third-order valence-electron chi connectivity index (χ3n) is 6.86. The topological polar surface area (TPSA) is 34.1 Å². The molecule has 1 aliphatic rings. The van der Waals surface area contributed by atoms with Gasteiger partial charge in [0.2, 0.25) is 0 Å². The molecule has 0 bridgehead atoms. The van der Waals surface area contributed by atoms with E-state index in [1.165, 1.54) is 33.4 Å². The molecule has 2 atom stereocenters. The fourth-order valence-corrected chi connectivity index (χ4v) is 5.54. The summed E-state index contributed by atoms with van der Waals surface area (Å²) in [6.45, 7) is 1.60. The number of Topliss-reactive ketones (excluding diaryl/α,β-unsaturated/α-hetero) is 2. The van der Waals surface area contributed by atoms with Crippen LogP contribution in [0, 0.1) is 11.8 Å². The molecule has 0 amide bonds. The van der Waals surface area contributed by atoms with Gasteiger partial charge in [0, 0.05) is 22.7 Å². The number of hydrogen-bond donors (Lipinski definition) is 0. The minimum Gasteiger partial charge on any atom is -0.300 e. The molecule has 0 saturated heterocycles. The molecule has 3 heteroatoms. The molecule has 0 aliphatic heterocycles. The lowest BCUT2D eigenvalue weighted by Crippen LogP contribution is -2.10. The summed E-state index contributed by atoms with van der Waals surface area (Å²) in [5.41, 5.74) is 7.60. The first-order valence-electron chi connectivity index (χ1n) is 12.4. The second kappa shape index (κ2) is 12.8. The predicted molar refractivity (Wildman–Crippen MR) is 157 cm³/mol. The highest BCUT2D eigenvalue weighted by Gasteiger charge is 2.35. The van der Waals surface area contributed by atoms with Crippen LogP contribution < -0.4 is 0 Å². The number of halogens is 1. The van der Waals surface area contributed by atoms with Crippen LogP contribution in [0.4, 0.5) is 0 Å². The van der Waals surface area contributed by atoms with Gasteiger partial charge >= 0.3 is 0 Å². The van der Waals surface area contributed by atoms with Crippen molar-refractivity contribution in [3.63, 3.8) is 0 Å². The minimum absolute atomic E-state index is 0.0150. The van der Waals surface area contributed by atoms with E-state index in [0.29, 0.717) is 12.8 Å². The van der Waals surface area contributed by atoms with Crippen LogP contribution in [0.15, 0.2) is 109 Å². The minimum atomic E-state index is -0.0682. The van der Waals surface area contributed by atoms with Crippen LogP contribution in [-0.2, 0) is 20.4 Å². The van der Waals surface area contributed by atoms with Gasteiger partial charge in [0.15, 0.2) is 0 Å². The van der Waals surface area contributed by atoms with Crippen LogP contribution in [0.3, 0.4) is 0 Å². The number of alkyl halides is 1. The first-order chi connectivity index (χ1) is 17.6. The molecular formula is C33H31IO2. The van der Waals surface area contributed by atoms with Gasteiger partial charge in [0.05, 0.1) is 0 Å². The van der Waals surface area contributed by atoms with Gasteiger partial charge in [-0.3, -0.25) is 9.59 Å². The molecular weight excluding hydrogens is 555 g/mol. The van der Waals surface area contributed by atoms with E-state index in [1.54, 1.807) is 6.92 Å². The third-order valence-corrected chi connectivity index (χ3v) is 7.68. The Balaban J connectivity index is 0.000000187. The maximum Gasteiger partial charge on any atom is 0.137 e. The Morgan fingerprint density at radius 3 is 1.69 bits per heavy atom. The van der Waals surface area contributed by atoms with Crippen molar-refractivity contribution in [3.8, 4) is 22.3 Å². The predicted octanol–water partition coefficient (Wildman–Crippen LogP) is 8.37. The fourth-order valence-electron chi connectivity index (χ4n) is 4.87. The lowest BCUT2D eigenvalue weighted by molar-refractivity contribution is -0.124. The Bertz CT molecular complexity index is 1300. The summed E-state index contributed by atoms with van der Waals surface area (Å²) in [6, 6.07) is 37.6. The number of hydrogen-bond acceptors (Lipinski definition) is 2. The Morgan fingerprint density at radius 1 is 0.722 bits per heavy atom. The molecule has 1 saturated carbocycles. The van der Waals surface area contributed by atoms with Crippen LogP contribution in [0.2, 0.25) is 0 Å². The summed E-state index contributed by atoms with van der Waals surface area (Å²) in [7, 11) is 0. The quantitative estimate of drug-likeness (QED) is 0.168. The summed E-state index contributed by atoms with van der Waals surface area (Å²) < 4.78 is 1.06. The van der Waals surface area contributed by atoms with Crippen LogP contribution in [0.5, 0.6) is 0 Å². The maximum absolute atomic E-state index is 12.2. The SMILES string of the molecule is CC(=O)[C@H]1CC(=O)[C@H](Cc2ccccc2-c2ccccc2)C1.ICc1ccccc1-c1ccccc1. The molecule has 0 radical (unpaired) electrons. The van der Waals surface area contributed by atoms with E-state index in [0.717, 1.165) is 10.8 Å². The number of carbonyl (C=O) groups excluding carboxylic acids is 2. The molecule has 0 heterocycles. The van der Waals surface area contributed by atoms with Gasteiger partial charge in [-0.05, 0) is 53.1 Å². The zero-order chi connectivity index (χ0) is 25.3. The van der Waals surface area contributed by atoms with Gasteiger partial charge in [-0.2, -0.15) is 0 Å². The summed E-state index contributed by atoms with van der Waals surface area (Å²) in [5.74, 6) is 0.301. The van der Waals surface area contributed by atoms with Crippen LogP contribution >= 0.6 is 22.6 Å². The van der Waals surface area contributed by atoms with Gasteiger partial charge in [-0.15, -0.1) is 0 Å². The molecule has 2 nitrogen and oxygen atoms in total. The van der Waals surface area contributed by atoms with Crippen LogP contribution in [0.1, 0.15) is 30.9 Å². The molecule has 0 spiro atoms. The zero-order valence-electron chi connectivity index (χ0n) is 20.6. The molecule has 5 rings (SSSR count). The van der Waals surface area contributed by atoms with E-state index < -0.39 is 0 Å². The number of rotatable bonds is 6. The number of ketones is 2.